The second-order valence-electron chi connectivity index (χ2n) is 5.92. The van der Waals surface area contributed by atoms with Crippen LogP contribution in [0, 0.1) is 0 Å². The monoisotopic (exact) mass is 265 g/mol. The van der Waals surface area contributed by atoms with E-state index in [1.165, 1.54) is 29.7 Å². The van der Waals surface area contributed by atoms with E-state index in [0.29, 0.717) is 5.92 Å². The Morgan fingerprint density at radius 3 is 2.80 bits per heavy atom. The van der Waals surface area contributed by atoms with Gasteiger partial charge in [-0.2, -0.15) is 0 Å². The fourth-order valence-corrected chi connectivity index (χ4v) is 2.89. The molecule has 2 aromatic rings. The Morgan fingerprint density at radius 1 is 1.15 bits per heavy atom. The second-order valence-corrected chi connectivity index (χ2v) is 5.92. The molecule has 1 fully saturated rings. The van der Waals surface area contributed by atoms with E-state index in [4.69, 9.17) is 4.98 Å². The number of benzene rings is 1. The molecular weight excluding hydrogens is 246 g/mol. The molecule has 0 amide bonds. The van der Waals surface area contributed by atoms with Crippen molar-refractivity contribution >= 4 is 0 Å². The summed E-state index contributed by atoms with van der Waals surface area (Å²) in [6.45, 7) is 3.09. The highest BCUT2D eigenvalue weighted by Gasteiger charge is 2.28. The van der Waals surface area contributed by atoms with Gasteiger partial charge in [0.1, 0.15) is 5.82 Å². The SMILES string of the molecule is c1ccc(CN2CCc3cnc(C4CC4)nc3C2)cc1. The predicted molar refractivity (Wildman–Crippen MR) is 78.3 cm³/mol. The molecule has 1 aliphatic carbocycles. The van der Waals surface area contributed by atoms with Gasteiger partial charge in [-0.3, -0.25) is 4.90 Å². The molecule has 1 saturated carbocycles. The van der Waals surface area contributed by atoms with E-state index in [0.717, 1.165) is 31.9 Å². The Bertz CT molecular complexity index is 605. The first-order valence-corrected chi connectivity index (χ1v) is 7.49. The first-order valence-electron chi connectivity index (χ1n) is 7.49. The summed E-state index contributed by atoms with van der Waals surface area (Å²) < 4.78 is 0. The molecule has 1 aromatic heterocycles. The molecule has 3 heteroatoms. The molecule has 0 radical (unpaired) electrons. The third-order valence-corrected chi connectivity index (χ3v) is 4.24. The Balaban J connectivity index is 1.51. The summed E-state index contributed by atoms with van der Waals surface area (Å²) in [5.41, 5.74) is 3.98. The van der Waals surface area contributed by atoms with Crippen LogP contribution in [0.3, 0.4) is 0 Å². The molecule has 4 rings (SSSR count). The maximum absolute atomic E-state index is 4.81. The number of nitrogens with zero attached hydrogens (tertiary/aromatic N) is 3. The van der Waals surface area contributed by atoms with Crippen molar-refractivity contribution in [2.45, 2.75) is 38.3 Å². The maximum Gasteiger partial charge on any atom is 0.131 e. The van der Waals surface area contributed by atoms with Crippen LogP contribution in [-0.4, -0.2) is 21.4 Å². The number of fused-ring (bicyclic) bond motifs is 1. The highest BCUT2D eigenvalue weighted by molar-refractivity contribution is 5.23. The Hall–Kier alpha value is -1.74. The van der Waals surface area contributed by atoms with E-state index in [2.05, 4.69) is 46.4 Å². The standard InChI is InChI=1S/C17H19N3/c1-2-4-13(5-3-1)11-20-9-8-15-10-18-17(14-6-7-14)19-16(15)12-20/h1-5,10,14H,6-9,11-12H2. The molecule has 0 spiro atoms. The maximum atomic E-state index is 4.81. The molecule has 1 aliphatic heterocycles. The summed E-state index contributed by atoms with van der Waals surface area (Å²) in [6.07, 6.45) is 5.68. The zero-order valence-electron chi connectivity index (χ0n) is 11.6. The van der Waals surface area contributed by atoms with Gasteiger partial charge in [0, 0.05) is 31.7 Å². The van der Waals surface area contributed by atoms with Crippen LogP contribution >= 0.6 is 0 Å². The van der Waals surface area contributed by atoms with Gasteiger partial charge in [0.2, 0.25) is 0 Å². The smallest absolute Gasteiger partial charge is 0.131 e. The fourth-order valence-electron chi connectivity index (χ4n) is 2.89. The van der Waals surface area contributed by atoms with E-state index in [-0.39, 0.29) is 0 Å². The molecule has 0 N–H and O–H groups in total. The molecular formula is C17H19N3. The lowest BCUT2D eigenvalue weighted by Crippen LogP contribution is -2.31. The van der Waals surface area contributed by atoms with Crippen molar-refractivity contribution in [3.63, 3.8) is 0 Å². The van der Waals surface area contributed by atoms with Crippen molar-refractivity contribution < 1.29 is 0 Å². The van der Waals surface area contributed by atoms with Crippen molar-refractivity contribution in [3.8, 4) is 0 Å². The van der Waals surface area contributed by atoms with Gasteiger partial charge in [-0.05, 0) is 30.4 Å². The normalized spacial score (nSPS) is 18.8. The number of hydrogen-bond acceptors (Lipinski definition) is 3. The molecule has 0 saturated heterocycles. The van der Waals surface area contributed by atoms with Gasteiger partial charge in [0.15, 0.2) is 0 Å². The van der Waals surface area contributed by atoms with Crippen molar-refractivity contribution in [2.24, 2.45) is 0 Å². The van der Waals surface area contributed by atoms with Gasteiger partial charge in [-0.25, -0.2) is 9.97 Å². The third-order valence-electron chi connectivity index (χ3n) is 4.24. The van der Waals surface area contributed by atoms with E-state index in [1.807, 2.05) is 0 Å². The molecule has 2 aliphatic rings. The predicted octanol–water partition coefficient (Wildman–Crippen LogP) is 2.91. The molecule has 102 valence electrons. The van der Waals surface area contributed by atoms with Crippen LogP contribution < -0.4 is 0 Å². The Labute approximate surface area is 119 Å². The highest BCUT2D eigenvalue weighted by atomic mass is 15.1. The number of aromatic nitrogens is 2. The van der Waals surface area contributed by atoms with Gasteiger partial charge < -0.3 is 0 Å². The Kier molecular flexibility index (Phi) is 3.00. The summed E-state index contributed by atoms with van der Waals surface area (Å²) in [5, 5.41) is 0. The van der Waals surface area contributed by atoms with Gasteiger partial charge in [-0.15, -0.1) is 0 Å². The lowest BCUT2D eigenvalue weighted by Gasteiger charge is -2.28. The van der Waals surface area contributed by atoms with Crippen molar-refractivity contribution in [2.75, 3.05) is 6.54 Å². The molecule has 1 aromatic carbocycles. The summed E-state index contributed by atoms with van der Waals surface area (Å²) >= 11 is 0. The zero-order chi connectivity index (χ0) is 13.4. The van der Waals surface area contributed by atoms with Crippen LogP contribution in [-0.2, 0) is 19.5 Å². The lowest BCUT2D eigenvalue weighted by atomic mass is 10.1. The lowest BCUT2D eigenvalue weighted by molar-refractivity contribution is 0.240. The summed E-state index contributed by atoms with van der Waals surface area (Å²) in [5.74, 6) is 1.72. The van der Waals surface area contributed by atoms with Crippen molar-refractivity contribution in [1.29, 1.82) is 0 Å². The van der Waals surface area contributed by atoms with Crippen molar-refractivity contribution in [1.82, 2.24) is 14.9 Å². The minimum Gasteiger partial charge on any atom is -0.293 e. The first-order chi connectivity index (χ1) is 9.88. The van der Waals surface area contributed by atoms with Crippen LogP contribution in [0.1, 0.15) is 41.4 Å². The van der Waals surface area contributed by atoms with Crippen LogP contribution in [0.4, 0.5) is 0 Å². The van der Waals surface area contributed by atoms with Crippen LogP contribution in [0.2, 0.25) is 0 Å². The molecule has 2 heterocycles. The summed E-state index contributed by atoms with van der Waals surface area (Å²) in [6, 6.07) is 10.7. The van der Waals surface area contributed by atoms with Crippen LogP contribution in [0.5, 0.6) is 0 Å². The minimum atomic E-state index is 0.643. The van der Waals surface area contributed by atoms with E-state index >= 15 is 0 Å². The number of hydrogen-bond donors (Lipinski definition) is 0. The average Bonchev–Trinajstić information content (AvgIpc) is 3.32. The zero-order valence-corrected chi connectivity index (χ0v) is 11.6. The molecule has 0 unspecified atom stereocenters. The average molecular weight is 265 g/mol. The third kappa shape index (κ3) is 2.46. The van der Waals surface area contributed by atoms with Gasteiger partial charge in [0.05, 0.1) is 5.69 Å². The largest absolute Gasteiger partial charge is 0.293 e. The molecule has 3 nitrogen and oxygen atoms in total. The van der Waals surface area contributed by atoms with E-state index in [9.17, 15) is 0 Å². The highest BCUT2D eigenvalue weighted by Crippen LogP contribution is 2.38. The van der Waals surface area contributed by atoms with Crippen molar-refractivity contribution in [3.05, 3.63) is 59.2 Å². The first kappa shape index (κ1) is 12.0. The molecule has 0 atom stereocenters. The summed E-state index contributed by atoms with van der Waals surface area (Å²) in [7, 11) is 0. The topological polar surface area (TPSA) is 29.0 Å². The molecule has 0 bridgehead atoms. The van der Waals surface area contributed by atoms with Gasteiger partial charge in [0.25, 0.3) is 0 Å². The quantitative estimate of drug-likeness (QED) is 0.854. The summed E-state index contributed by atoms with van der Waals surface area (Å²) in [4.78, 5) is 11.8. The van der Waals surface area contributed by atoms with Gasteiger partial charge >= 0.3 is 0 Å². The Morgan fingerprint density at radius 2 is 2.00 bits per heavy atom. The van der Waals surface area contributed by atoms with E-state index < -0.39 is 0 Å². The van der Waals surface area contributed by atoms with E-state index in [1.54, 1.807) is 0 Å². The second kappa shape index (κ2) is 4.98. The van der Waals surface area contributed by atoms with Gasteiger partial charge in [-0.1, -0.05) is 30.3 Å². The van der Waals surface area contributed by atoms with Crippen LogP contribution in [0.15, 0.2) is 36.5 Å². The minimum absolute atomic E-state index is 0.643. The number of rotatable bonds is 3. The molecule has 20 heavy (non-hydrogen) atoms. The fraction of sp³-hybridized carbons (Fsp3) is 0.412. The van der Waals surface area contributed by atoms with Crippen LogP contribution in [0.25, 0.3) is 0 Å².